The van der Waals surface area contributed by atoms with Gasteiger partial charge in [0.25, 0.3) is 0 Å². The average Bonchev–Trinajstić information content (AvgIpc) is 2.56. The molecule has 3 rings (SSSR count). The third kappa shape index (κ3) is 3.24. The van der Waals surface area contributed by atoms with E-state index in [0.29, 0.717) is 0 Å². The molecule has 2 aromatic rings. The van der Waals surface area contributed by atoms with Crippen LogP contribution in [0.3, 0.4) is 0 Å². The molecule has 0 N–H and O–H groups in total. The molecule has 1 heterocycles. The van der Waals surface area contributed by atoms with Crippen LogP contribution in [0.2, 0.25) is 0 Å². The molecule has 0 bridgehead atoms. The summed E-state index contributed by atoms with van der Waals surface area (Å²) in [5, 5.41) is 12.0. The Morgan fingerprint density at radius 3 is 2.67 bits per heavy atom. The van der Waals surface area contributed by atoms with E-state index in [1.165, 1.54) is 10.8 Å². The van der Waals surface area contributed by atoms with Gasteiger partial charge in [0.2, 0.25) is 0 Å². The van der Waals surface area contributed by atoms with Gasteiger partial charge < -0.3 is 4.74 Å². The van der Waals surface area contributed by atoms with Crippen molar-refractivity contribution in [1.82, 2.24) is 4.90 Å². The fraction of sp³-hybridized carbons (Fsp3) is 0.389. The minimum Gasteiger partial charge on any atom is -0.379 e. The fourth-order valence-corrected chi connectivity index (χ4v) is 2.98. The van der Waals surface area contributed by atoms with Crippen LogP contribution in [0.25, 0.3) is 10.8 Å². The highest BCUT2D eigenvalue weighted by Gasteiger charge is 2.16. The van der Waals surface area contributed by atoms with Crippen molar-refractivity contribution in [2.45, 2.75) is 12.3 Å². The fourth-order valence-electron chi connectivity index (χ4n) is 2.98. The summed E-state index contributed by atoms with van der Waals surface area (Å²) in [5.41, 5.74) is 1.16. The van der Waals surface area contributed by atoms with Crippen LogP contribution in [-0.2, 0) is 4.74 Å². The lowest BCUT2D eigenvalue weighted by Gasteiger charge is -2.27. The van der Waals surface area contributed by atoms with E-state index in [1.807, 2.05) is 12.1 Å². The van der Waals surface area contributed by atoms with Gasteiger partial charge in [0.05, 0.1) is 25.2 Å². The van der Waals surface area contributed by atoms with Gasteiger partial charge >= 0.3 is 0 Å². The third-order valence-corrected chi connectivity index (χ3v) is 4.19. The van der Waals surface area contributed by atoms with Crippen molar-refractivity contribution >= 4 is 10.8 Å². The number of nitriles is 1. The summed E-state index contributed by atoms with van der Waals surface area (Å²) in [5.74, 6) is -0.0426. The first kappa shape index (κ1) is 14.1. The lowest BCUT2D eigenvalue weighted by atomic mass is 9.92. The number of rotatable bonds is 4. The van der Waals surface area contributed by atoms with Gasteiger partial charge in [-0.1, -0.05) is 42.5 Å². The van der Waals surface area contributed by atoms with Crippen LogP contribution in [0.15, 0.2) is 42.5 Å². The summed E-state index contributed by atoms with van der Waals surface area (Å²) >= 11 is 0. The van der Waals surface area contributed by atoms with Gasteiger partial charge in [0, 0.05) is 13.1 Å². The summed E-state index contributed by atoms with van der Waals surface area (Å²) < 4.78 is 5.37. The number of nitrogens with zero attached hydrogens (tertiary/aromatic N) is 2. The van der Waals surface area contributed by atoms with E-state index in [4.69, 9.17) is 4.74 Å². The molecule has 1 aliphatic heterocycles. The Morgan fingerprint density at radius 1 is 1.10 bits per heavy atom. The number of fused-ring (bicyclic) bond motifs is 1. The molecule has 0 aliphatic carbocycles. The SMILES string of the molecule is N#CC(CCN1CCOCC1)c1cccc2ccccc12. The van der Waals surface area contributed by atoms with E-state index in [2.05, 4.69) is 41.3 Å². The van der Waals surface area contributed by atoms with Crippen LogP contribution in [0.4, 0.5) is 0 Å². The first-order chi connectivity index (χ1) is 10.4. The van der Waals surface area contributed by atoms with Crippen LogP contribution in [0.1, 0.15) is 17.9 Å². The van der Waals surface area contributed by atoms with E-state index in [9.17, 15) is 5.26 Å². The van der Waals surface area contributed by atoms with E-state index in [0.717, 1.165) is 44.8 Å². The van der Waals surface area contributed by atoms with Crippen LogP contribution in [0, 0.1) is 11.3 Å². The number of hydrogen-bond donors (Lipinski definition) is 0. The molecule has 1 aliphatic rings. The number of hydrogen-bond acceptors (Lipinski definition) is 3. The first-order valence-electron chi connectivity index (χ1n) is 7.56. The van der Waals surface area contributed by atoms with Crippen molar-refractivity contribution in [2.75, 3.05) is 32.8 Å². The Balaban J connectivity index is 1.77. The first-order valence-corrected chi connectivity index (χ1v) is 7.56. The summed E-state index contributed by atoms with van der Waals surface area (Å²) in [6.45, 7) is 4.54. The zero-order valence-electron chi connectivity index (χ0n) is 12.2. The largest absolute Gasteiger partial charge is 0.379 e. The maximum Gasteiger partial charge on any atom is 0.0730 e. The summed E-state index contributed by atoms with van der Waals surface area (Å²) in [7, 11) is 0. The topological polar surface area (TPSA) is 36.3 Å². The van der Waals surface area contributed by atoms with Crippen LogP contribution in [-0.4, -0.2) is 37.7 Å². The molecule has 0 radical (unpaired) electrons. The Labute approximate surface area is 125 Å². The normalized spacial score (nSPS) is 17.5. The quantitative estimate of drug-likeness (QED) is 0.863. The molecule has 2 aromatic carbocycles. The van der Waals surface area contributed by atoms with Crippen molar-refractivity contribution < 1.29 is 4.74 Å². The van der Waals surface area contributed by atoms with Gasteiger partial charge in [-0.15, -0.1) is 0 Å². The number of morpholine rings is 1. The molecule has 3 nitrogen and oxygen atoms in total. The monoisotopic (exact) mass is 280 g/mol. The van der Waals surface area contributed by atoms with Crippen LogP contribution >= 0.6 is 0 Å². The van der Waals surface area contributed by atoms with E-state index in [-0.39, 0.29) is 5.92 Å². The molecule has 3 heteroatoms. The Morgan fingerprint density at radius 2 is 1.86 bits per heavy atom. The van der Waals surface area contributed by atoms with Crippen LogP contribution in [0.5, 0.6) is 0 Å². The maximum atomic E-state index is 9.58. The maximum absolute atomic E-state index is 9.58. The standard InChI is InChI=1S/C18H20N2O/c19-14-16(8-9-20-10-12-21-13-11-20)18-7-3-5-15-4-1-2-6-17(15)18/h1-7,16H,8-13H2. The molecule has 1 saturated heterocycles. The smallest absolute Gasteiger partial charge is 0.0730 e. The zero-order valence-corrected chi connectivity index (χ0v) is 12.2. The molecule has 1 fully saturated rings. The average molecular weight is 280 g/mol. The Hall–Kier alpha value is -1.89. The molecule has 1 atom stereocenters. The van der Waals surface area contributed by atoms with E-state index in [1.54, 1.807) is 0 Å². The second-order valence-electron chi connectivity index (χ2n) is 5.49. The van der Waals surface area contributed by atoms with Crippen molar-refractivity contribution in [3.8, 4) is 6.07 Å². The predicted molar refractivity (Wildman–Crippen MR) is 84.2 cm³/mol. The highest BCUT2D eigenvalue weighted by atomic mass is 16.5. The second kappa shape index (κ2) is 6.71. The number of benzene rings is 2. The van der Waals surface area contributed by atoms with Crippen molar-refractivity contribution in [1.29, 1.82) is 5.26 Å². The lowest BCUT2D eigenvalue weighted by Crippen LogP contribution is -2.37. The highest BCUT2D eigenvalue weighted by molar-refractivity contribution is 5.86. The van der Waals surface area contributed by atoms with Crippen molar-refractivity contribution in [2.24, 2.45) is 0 Å². The van der Waals surface area contributed by atoms with Gasteiger partial charge in [-0.25, -0.2) is 0 Å². The zero-order chi connectivity index (χ0) is 14.5. The highest BCUT2D eigenvalue weighted by Crippen LogP contribution is 2.27. The van der Waals surface area contributed by atoms with Gasteiger partial charge in [0.1, 0.15) is 0 Å². The molecule has 108 valence electrons. The minimum absolute atomic E-state index is 0.0426. The molecule has 0 saturated carbocycles. The molecule has 0 spiro atoms. The molecule has 0 amide bonds. The summed E-state index contributed by atoms with van der Waals surface area (Å²) in [4.78, 5) is 2.39. The van der Waals surface area contributed by atoms with E-state index >= 15 is 0 Å². The molecule has 21 heavy (non-hydrogen) atoms. The van der Waals surface area contributed by atoms with Gasteiger partial charge in [-0.05, 0) is 29.3 Å². The van der Waals surface area contributed by atoms with Crippen molar-refractivity contribution in [3.63, 3.8) is 0 Å². The van der Waals surface area contributed by atoms with Crippen LogP contribution < -0.4 is 0 Å². The van der Waals surface area contributed by atoms with Gasteiger partial charge in [-0.3, -0.25) is 4.90 Å². The molecule has 0 aromatic heterocycles. The molecular weight excluding hydrogens is 260 g/mol. The van der Waals surface area contributed by atoms with Crippen molar-refractivity contribution in [3.05, 3.63) is 48.0 Å². The van der Waals surface area contributed by atoms with E-state index < -0.39 is 0 Å². The molecular formula is C18H20N2O. The molecule has 1 unspecified atom stereocenters. The summed E-state index contributed by atoms with van der Waals surface area (Å²) in [6.07, 6.45) is 0.879. The van der Waals surface area contributed by atoms with Gasteiger partial charge in [-0.2, -0.15) is 5.26 Å². The third-order valence-electron chi connectivity index (χ3n) is 4.19. The predicted octanol–water partition coefficient (Wildman–Crippen LogP) is 3.17. The summed E-state index contributed by atoms with van der Waals surface area (Å²) in [6, 6.07) is 17.1. The number of ether oxygens (including phenoxy) is 1. The lowest BCUT2D eigenvalue weighted by molar-refractivity contribution is 0.0371. The second-order valence-corrected chi connectivity index (χ2v) is 5.49. The van der Waals surface area contributed by atoms with Gasteiger partial charge in [0.15, 0.2) is 0 Å². The Kier molecular flexibility index (Phi) is 4.49. The Bertz CT molecular complexity index is 636. The minimum atomic E-state index is -0.0426.